The van der Waals surface area contributed by atoms with Gasteiger partial charge in [0.2, 0.25) is 0 Å². The van der Waals surface area contributed by atoms with E-state index in [1.54, 1.807) is 0 Å². The van der Waals surface area contributed by atoms with Gasteiger partial charge in [0.15, 0.2) is 0 Å². The SMILES string of the molecule is CNCc1cccc(Oc2ccc(C)c(C)c2)c1. The third-order valence-electron chi connectivity index (χ3n) is 2.99. The number of nitrogens with one attached hydrogen (secondary N) is 1. The highest BCUT2D eigenvalue weighted by Gasteiger charge is 2.00. The lowest BCUT2D eigenvalue weighted by molar-refractivity contribution is 0.481. The van der Waals surface area contributed by atoms with Gasteiger partial charge in [-0.3, -0.25) is 0 Å². The molecule has 0 aliphatic carbocycles. The van der Waals surface area contributed by atoms with E-state index in [2.05, 4.69) is 43.4 Å². The van der Waals surface area contributed by atoms with Crippen molar-refractivity contribution >= 4 is 0 Å². The molecule has 94 valence electrons. The molecule has 0 unspecified atom stereocenters. The molecule has 2 rings (SSSR count). The van der Waals surface area contributed by atoms with Crippen molar-refractivity contribution in [2.75, 3.05) is 7.05 Å². The van der Waals surface area contributed by atoms with Crippen LogP contribution in [0.5, 0.6) is 11.5 Å². The van der Waals surface area contributed by atoms with E-state index < -0.39 is 0 Å². The first-order valence-corrected chi connectivity index (χ1v) is 6.17. The zero-order chi connectivity index (χ0) is 13.0. The first-order chi connectivity index (χ1) is 8.69. The van der Waals surface area contributed by atoms with Crippen molar-refractivity contribution in [2.24, 2.45) is 0 Å². The maximum absolute atomic E-state index is 5.87. The Bertz CT molecular complexity index is 534. The Kier molecular flexibility index (Phi) is 4.00. The number of benzene rings is 2. The Hall–Kier alpha value is -1.80. The van der Waals surface area contributed by atoms with Gasteiger partial charge in [-0.1, -0.05) is 18.2 Å². The molecule has 1 N–H and O–H groups in total. The number of hydrogen-bond donors (Lipinski definition) is 1. The molecule has 2 aromatic carbocycles. The summed E-state index contributed by atoms with van der Waals surface area (Å²) in [6.07, 6.45) is 0. The van der Waals surface area contributed by atoms with Crippen molar-refractivity contribution < 1.29 is 4.74 Å². The molecule has 0 fully saturated rings. The molecule has 0 heterocycles. The van der Waals surface area contributed by atoms with Gasteiger partial charge in [-0.25, -0.2) is 0 Å². The summed E-state index contributed by atoms with van der Waals surface area (Å²) >= 11 is 0. The molecule has 0 saturated heterocycles. The van der Waals surface area contributed by atoms with Crippen LogP contribution in [0.4, 0.5) is 0 Å². The summed E-state index contributed by atoms with van der Waals surface area (Å²) in [7, 11) is 1.94. The minimum absolute atomic E-state index is 0.851. The van der Waals surface area contributed by atoms with E-state index in [-0.39, 0.29) is 0 Å². The van der Waals surface area contributed by atoms with Gasteiger partial charge in [0.25, 0.3) is 0 Å². The topological polar surface area (TPSA) is 21.3 Å². The van der Waals surface area contributed by atoms with Gasteiger partial charge in [-0.2, -0.15) is 0 Å². The second kappa shape index (κ2) is 5.69. The summed E-state index contributed by atoms with van der Waals surface area (Å²) in [4.78, 5) is 0. The van der Waals surface area contributed by atoms with Crippen molar-refractivity contribution in [3.05, 3.63) is 59.2 Å². The summed E-state index contributed by atoms with van der Waals surface area (Å²) < 4.78 is 5.87. The smallest absolute Gasteiger partial charge is 0.127 e. The van der Waals surface area contributed by atoms with Gasteiger partial charge in [-0.15, -0.1) is 0 Å². The maximum Gasteiger partial charge on any atom is 0.127 e. The van der Waals surface area contributed by atoms with Gasteiger partial charge < -0.3 is 10.1 Å². The molecule has 0 radical (unpaired) electrons. The second-order valence-electron chi connectivity index (χ2n) is 4.53. The number of rotatable bonds is 4. The Labute approximate surface area is 109 Å². The quantitative estimate of drug-likeness (QED) is 0.878. The molecule has 0 saturated carbocycles. The maximum atomic E-state index is 5.87. The molecule has 0 amide bonds. The lowest BCUT2D eigenvalue weighted by Gasteiger charge is -2.09. The minimum atomic E-state index is 0.851. The molecule has 0 bridgehead atoms. The van der Waals surface area contributed by atoms with Gasteiger partial charge in [0, 0.05) is 6.54 Å². The molecule has 0 aliphatic rings. The highest BCUT2D eigenvalue weighted by atomic mass is 16.5. The molecule has 0 aliphatic heterocycles. The van der Waals surface area contributed by atoms with Crippen LogP contribution < -0.4 is 10.1 Å². The molecule has 2 heteroatoms. The van der Waals surface area contributed by atoms with Crippen LogP contribution in [-0.4, -0.2) is 7.05 Å². The Morgan fingerprint density at radius 3 is 2.44 bits per heavy atom. The molecule has 0 atom stereocenters. The van der Waals surface area contributed by atoms with E-state index in [9.17, 15) is 0 Å². The molecule has 0 aromatic heterocycles. The first kappa shape index (κ1) is 12.7. The van der Waals surface area contributed by atoms with Gasteiger partial charge in [0.1, 0.15) is 11.5 Å². The fourth-order valence-electron chi connectivity index (χ4n) is 1.84. The van der Waals surface area contributed by atoms with Gasteiger partial charge >= 0.3 is 0 Å². The van der Waals surface area contributed by atoms with Crippen LogP contribution in [0, 0.1) is 13.8 Å². The van der Waals surface area contributed by atoms with Crippen molar-refractivity contribution in [2.45, 2.75) is 20.4 Å². The fourth-order valence-corrected chi connectivity index (χ4v) is 1.84. The summed E-state index contributed by atoms with van der Waals surface area (Å²) in [5, 5.41) is 3.14. The summed E-state index contributed by atoms with van der Waals surface area (Å²) in [5.74, 6) is 1.77. The van der Waals surface area contributed by atoms with Crippen LogP contribution >= 0.6 is 0 Å². The molecule has 18 heavy (non-hydrogen) atoms. The van der Waals surface area contributed by atoms with Crippen molar-refractivity contribution in [3.63, 3.8) is 0 Å². The summed E-state index contributed by atoms with van der Waals surface area (Å²) in [5.41, 5.74) is 3.75. The van der Waals surface area contributed by atoms with E-state index in [1.165, 1.54) is 16.7 Å². The Morgan fingerprint density at radius 2 is 1.72 bits per heavy atom. The summed E-state index contributed by atoms with van der Waals surface area (Å²) in [6, 6.07) is 14.3. The fraction of sp³-hybridized carbons (Fsp3) is 0.250. The lowest BCUT2D eigenvalue weighted by Crippen LogP contribution is -2.04. The minimum Gasteiger partial charge on any atom is -0.457 e. The van der Waals surface area contributed by atoms with Crippen molar-refractivity contribution in [1.29, 1.82) is 0 Å². The van der Waals surface area contributed by atoms with Crippen LogP contribution in [0.25, 0.3) is 0 Å². The largest absolute Gasteiger partial charge is 0.457 e. The van der Waals surface area contributed by atoms with E-state index >= 15 is 0 Å². The van der Waals surface area contributed by atoms with E-state index in [4.69, 9.17) is 4.74 Å². The molecule has 2 nitrogen and oxygen atoms in total. The molecule has 2 aromatic rings. The van der Waals surface area contributed by atoms with Gasteiger partial charge in [-0.05, 0) is 61.9 Å². The number of aryl methyl sites for hydroxylation is 2. The predicted molar refractivity (Wildman–Crippen MR) is 75.2 cm³/mol. The van der Waals surface area contributed by atoms with Crippen LogP contribution in [-0.2, 0) is 6.54 Å². The molecule has 0 spiro atoms. The van der Waals surface area contributed by atoms with E-state index in [0.29, 0.717) is 0 Å². The third kappa shape index (κ3) is 3.11. The predicted octanol–water partition coefficient (Wildman–Crippen LogP) is 3.82. The third-order valence-corrected chi connectivity index (χ3v) is 2.99. The van der Waals surface area contributed by atoms with Crippen molar-refractivity contribution in [3.8, 4) is 11.5 Å². The highest BCUT2D eigenvalue weighted by molar-refractivity contribution is 5.38. The molecular weight excluding hydrogens is 222 g/mol. The zero-order valence-corrected chi connectivity index (χ0v) is 11.2. The first-order valence-electron chi connectivity index (χ1n) is 6.17. The zero-order valence-electron chi connectivity index (χ0n) is 11.2. The van der Waals surface area contributed by atoms with Gasteiger partial charge in [0.05, 0.1) is 0 Å². The average molecular weight is 241 g/mol. The monoisotopic (exact) mass is 241 g/mol. The van der Waals surface area contributed by atoms with Crippen molar-refractivity contribution in [1.82, 2.24) is 5.32 Å². The lowest BCUT2D eigenvalue weighted by atomic mass is 10.1. The average Bonchev–Trinajstić information content (AvgIpc) is 2.35. The van der Waals surface area contributed by atoms with E-state index in [0.717, 1.165) is 18.0 Å². The van der Waals surface area contributed by atoms with Crippen LogP contribution in [0.2, 0.25) is 0 Å². The standard InChI is InChI=1S/C16H19NO/c1-12-7-8-16(9-13(12)2)18-15-6-4-5-14(10-15)11-17-3/h4-10,17H,11H2,1-3H3. The number of hydrogen-bond acceptors (Lipinski definition) is 2. The normalized spacial score (nSPS) is 10.4. The summed E-state index contributed by atoms with van der Waals surface area (Å²) in [6.45, 7) is 5.05. The van der Waals surface area contributed by atoms with Crippen LogP contribution in [0.3, 0.4) is 0 Å². The van der Waals surface area contributed by atoms with Crippen LogP contribution in [0.15, 0.2) is 42.5 Å². The second-order valence-corrected chi connectivity index (χ2v) is 4.53. The highest BCUT2D eigenvalue weighted by Crippen LogP contribution is 2.24. The van der Waals surface area contributed by atoms with Crippen LogP contribution in [0.1, 0.15) is 16.7 Å². The Morgan fingerprint density at radius 1 is 0.944 bits per heavy atom. The number of ether oxygens (including phenoxy) is 1. The van der Waals surface area contributed by atoms with E-state index in [1.807, 2.05) is 25.2 Å². The molecular formula is C16H19NO. The Balaban J connectivity index is 2.17.